The molecule has 0 spiro atoms. The van der Waals surface area contributed by atoms with Gasteiger partial charge in [0.2, 0.25) is 0 Å². The van der Waals surface area contributed by atoms with Crippen molar-refractivity contribution in [1.29, 1.82) is 0 Å². The fraction of sp³-hybridized carbons (Fsp3) is 0.480. The maximum absolute atomic E-state index is 14.4. The molecule has 0 saturated heterocycles. The first-order valence-electron chi connectivity index (χ1n) is 10.5. The van der Waals surface area contributed by atoms with Gasteiger partial charge in [0.15, 0.2) is 5.78 Å². The van der Waals surface area contributed by atoms with E-state index in [0.29, 0.717) is 17.0 Å². The van der Waals surface area contributed by atoms with Crippen molar-refractivity contribution in [3.05, 3.63) is 59.4 Å². The molecule has 2 heteroatoms. The van der Waals surface area contributed by atoms with Gasteiger partial charge in [0, 0.05) is 11.1 Å². The smallest absolute Gasteiger partial charge is 0.159 e. The molecule has 0 aromatic heterocycles. The number of halogens is 1. The molecule has 2 aromatic rings. The highest BCUT2D eigenvalue weighted by Gasteiger charge is 2.22. The molecule has 0 atom stereocenters. The monoisotopic (exact) mass is 366 g/mol. The number of Topliss-reactive ketones (excluding diaryl/α,β-unsaturated/α-hetero) is 1. The third-order valence-electron chi connectivity index (χ3n) is 6.13. The molecular formula is C25H31FO. The molecular weight excluding hydrogens is 335 g/mol. The van der Waals surface area contributed by atoms with E-state index in [9.17, 15) is 9.18 Å². The Bertz CT molecular complexity index is 754. The molecule has 0 bridgehead atoms. The quantitative estimate of drug-likeness (QED) is 0.365. The number of ketones is 1. The molecule has 0 unspecified atom stereocenters. The maximum Gasteiger partial charge on any atom is 0.159 e. The standard InChI is InChI=1S/C25H31FO/c1-3-4-5-6-19-7-9-20(10-8-19)21-11-13-22(14-12-21)24-16-15-23(18(2)27)17-25(24)26/h11-17,19-20H,3-10H2,1-2H3. The maximum atomic E-state index is 14.4. The van der Waals surface area contributed by atoms with Gasteiger partial charge in [0.1, 0.15) is 5.82 Å². The van der Waals surface area contributed by atoms with Crippen LogP contribution in [0.3, 0.4) is 0 Å². The number of rotatable bonds is 7. The van der Waals surface area contributed by atoms with Crippen LogP contribution in [-0.4, -0.2) is 5.78 Å². The number of unbranched alkanes of at least 4 members (excludes halogenated alkanes) is 2. The average Bonchev–Trinajstić information content (AvgIpc) is 2.69. The Morgan fingerprint density at radius 3 is 2.30 bits per heavy atom. The lowest BCUT2D eigenvalue weighted by molar-refractivity contribution is 0.101. The van der Waals surface area contributed by atoms with Gasteiger partial charge in [0.25, 0.3) is 0 Å². The van der Waals surface area contributed by atoms with Crippen LogP contribution in [0.4, 0.5) is 4.39 Å². The van der Waals surface area contributed by atoms with Gasteiger partial charge in [-0.3, -0.25) is 4.79 Å². The fourth-order valence-corrected chi connectivity index (χ4v) is 4.37. The molecule has 1 aliphatic rings. The Kier molecular flexibility index (Phi) is 6.82. The second-order valence-corrected chi connectivity index (χ2v) is 8.09. The summed E-state index contributed by atoms with van der Waals surface area (Å²) in [5.74, 6) is 1.12. The topological polar surface area (TPSA) is 17.1 Å². The first-order chi connectivity index (χ1) is 13.1. The van der Waals surface area contributed by atoms with Gasteiger partial charge in [-0.25, -0.2) is 4.39 Å². The van der Waals surface area contributed by atoms with E-state index < -0.39 is 0 Å². The zero-order valence-corrected chi connectivity index (χ0v) is 16.6. The molecule has 1 aliphatic carbocycles. The van der Waals surface area contributed by atoms with Gasteiger partial charge in [-0.15, -0.1) is 0 Å². The Labute approximate surface area is 163 Å². The zero-order chi connectivity index (χ0) is 19.2. The van der Waals surface area contributed by atoms with E-state index in [1.54, 1.807) is 12.1 Å². The number of carbonyl (C=O) groups excluding carboxylic acids is 1. The van der Waals surface area contributed by atoms with Crippen molar-refractivity contribution in [2.24, 2.45) is 5.92 Å². The molecule has 0 radical (unpaired) electrons. The Hall–Kier alpha value is -1.96. The van der Waals surface area contributed by atoms with Crippen LogP contribution in [0, 0.1) is 11.7 Å². The summed E-state index contributed by atoms with van der Waals surface area (Å²) >= 11 is 0. The lowest BCUT2D eigenvalue weighted by atomic mass is 9.77. The molecule has 2 aromatic carbocycles. The molecule has 1 saturated carbocycles. The van der Waals surface area contributed by atoms with Gasteiger partial charge in [-0.1, -0.05) is 69.0 Å². The van der Waals surface area contributed by atoms with Crippen LogP contribution < -0.4 is 0 Å². The Morgan fingerprint density at radius 2 is 1.70 bits per heavy atom. The van der Waals surface area contributed by atoms with Crippen LogP contribution in [0.1, 0.15) is 87.1 Å². The molecule has 0 amide bonds. The minimum atomic E-state index is -0.331. The molecule has 3 rings (SSSR count). The van der Waals surface area contributed by atoms with E-state index in [0.717, 1.165) is 11.5 Å². The number of hydrogen-bond donors (Lipinski definition) is 0. The molecule has 27 heavy (non-hydrogen) atoms. The van der Waals surface area contributed by atoms with Gasteiger partial charge in [-0.2, -0.15) is 0 Å². The summed E-state index contributed by atoms with van der Waals surface area (Å²) < 4.78 is 14.4. The van der Waals surface area contributed by atoms with Crippen LogP contribution in [0.15, 0.2) is 42.5 Å². The van der Waals surface area contributed by atoms with Crippen molar-refractivity contribution in [1.82, 2.24) is 0 Å². The summed E-state index contributed by atoms with van der Waals surface area (Å²) in [6.07, 6.45) is 10.7. The second-order valence-electron chi connectivity index (χ2n) is 8.09. The largest absolute Gasteiger partial charge is 0.295 e. The van der Waals surface area contributed by atoms with E-state index >= 15 is 0 Å². The predicted molar refractivity (Wildman–Crippen MR) is 111 cm³/mol. The van der Waals surface area contributed by atoms with Crippen LogP contribution >= 0.6 is 0 Å². The van der Waals surface area contributed by atoms with Crippen molar-refractivity contribution in [2.75, 3.05) is 0 Å². The van der Waals surface area contributed by atoms with Gasteiger partial charge < -0.3 is 0 Å². The highest BCUT2D eigenvalue weighted by molar-refractivity contribution is 5.94. The summed E-state index contributed by atoms with van der Waals surface area (Å²) in [5.41, 5.74) is 3.24. The molecule has 0 heterocycles. The van der Waals surface area contributed by atoms with Gasteiger partial charge in [0.05, 0.1) is 0 Å². The third-order valence-corrected chi connectivity index (χ3v) is 6.13. The lowest BCUT2D eigenvalue weighted by Gasteiger charge is -2.29. The summed E-state index contributed by atoms with van der Waals surface area (Å²) in [6.45, 7) is 3.73. The predicted octanol–water partition coefficient (Wildman–Crippen LogP) is 7.55. The van der Waals surface area contributed by atoms with Crippen LogP contribution in [0.25, 0.3) is 11.1 Å². The van der Waals surface area contributed by atoms with E-state index in [4.69, 9.17) is 0 Å². The van der Waals surface area contributed by atoms with E-state index in [1.165, 1.54) is 69.9 Å². The summed E-state index contributed by atoms with van der Waals surface area (Å²) in [6, 6.07) is 13.1. The van der Waals surface area contributed by atoms with Crippen LogP contribution in [0.2, 0.25) is 0 Å². The third kappa shape index (κ3) is 5.06. The normalized spacial score (nSPS) is 19.8. The first kappa shape index (κ1) is 19.8. The number of carbonyl (C=O) groups is 1. The highest BCUT2D eigenvalue weighted by atomic mass is 19.1. The molecule has 0 aliphatic heterocycles. The molecule has 144 valence electrons. The summed E-state index contributed by atoms with van der Waals surface area (Å²) in [7, 11) is 0. The summed E-state index contributed by atoms with van der Waals surface area (Å²) in [4.78, 5) is 11.4. The first-order valence-corrected chi connectivity index (χ1v) is 10.5. The molecule has 1 nitrogen and oxygen atoms in total. The fourth-order valence-electron chi connectivity index (χ4n) is 4.37. The highest BCUT2D eigenvalue weighted by Crippen LogP contribution is 2.38. The second kappa shape index (κ2) is 9.30. The Balaban J connectivity index is 1.62. The van der Waals surface area contributed by atoms with Gasteiger partial charge >= 0.3 is 0 Å². The minimum Gasteiger partial charge on any atom is -0.295 e. The van der Waals surface area contributed by atoms with Crippen molar-refractivity contribution < 1.29 is 9.18 Å². The van der Waals surface area contributed by atoms with Crippen molar-refractivity contribution in [3.8, 4) is 11.1 Å². The summed E-state index contributed by atoms with van der Waals surface area (Å²) in [5, 5.41) is 0. The van der Waals surface area contributed by atoms with Crippen molar-refractivity contribution in [3.63, 3.8) is 0 Å². The van der Waals surface area contributed by atoms with E-state index in [2.05, 4.69) is 19.1 Å². The van der Waals surface area contributed by atoms with Crippen molar-refractivity contribution in [2.45, 2.75) is 71.1 Å². The van der Waals surface area contributed by atoms with E-state index in [-0.39, 0.29) is 11.6 Å². The lowest BCUT2D eigenvalue weighted by Crippen LogP contribution is -2.13. The molecule has 0 N–H and O–H groups in total. The van der Waals surface area contributed by atoms with E-state index in [1.807, 2.05) is 12.1 Å². The minimum absolute atomic E-state index is 0.110. The SMILES string of the molecule is CCCCCC1CCC(c2ccc(-c3ccc(C(C)=O)cc3F)cc2)CC1. The van der Waals surface area contributed by atoms with Crippen LogP contribution in [-0.2, 0) is 0 Å². The van der Waals surface area contributed by atoms with Gasteiger partial charge in [-0.05, 0) is 61.6 Å². The molecule has 1 fully saturated rings. The Morgan fingerprint density at radius 1 is 1.00 bits per heavy atom. The number of hydrogen-bond acceptors (Lipinski definition) is 1. The average molecular weight is 367 g/mol. The number of benzene rings is 2. The van der Waals surface area contributed by atoms with Crippen LogP contribution in [0.5, 0.6) is 0 Å². The zero-order valence-electron chi connectivity index (χ0n) is 16.6. The van der Waals surface area contributed by atoms with Crippen molar-refractivity contribution >= 4 is 5.78 Å².